The van der Waals surface area contributed by atoms with Crippen molar-refractivity contribution in [2.24, 2.45) is 0 Å². The number of carbonyl (C=O) groups is 2. The van der Waals surface area contributed by atoms with Crippen molar-refractivity contribution in [2.75, 3.05) is 25.6 Å². The lowest BCUT2D eigenvalue weighted by atomic mass is 9.99. The van der Waals surface area contributed by atoms with Crippen LogP contribution in [0.3, 0.4) is 0 Å². The van der Waals surface area contributed by atoms with Gasteiger partial charge in [-0.3, -0.25) is 4.79 Å². The first-order valence-electron chi connectivity index (χ1n) is 8.49. The Morgan fingerprint density at radius 2 is 2.00 bits per heavy atom. The highest BCUT2D eigenvalue weighted by Gasteiger charge is 2.21. The number of anilines is 1. The van der Waals surface area contributed by atoms with Gasteiger partial charge in [0, 0.05) is 18.8 Å². The first kappa shape index (κ1) is 17.8. The summed E-state index contributed by atoms with van der Waals surface area (Å²) in [6, 6.07) is 13.3. The molecule has 2 aromatic rings. The zero-order chi connectivity index (χ0) is 18.5. The molecule has 26 heavy (non-hydrogen) atoms. The summed E-state index contributed by atoms with van der Waals surface area (Å²) in [7, 11) is 1.38. The Morgan fingerprint density at radius 1 is 1.15 bits per heavy atom. The van der Waals surface area contributed by atoms with Crippen molar-refractivity contribution in [3.63, 3.8) is 0 Å². The maximum atomic E-state index is 12.1. The molecule has 0 saturated carbocycles. The molecule has 1 aliphatic heterocycles. The van der Waals surface area contributed by atoms with Gasteiger partial charge in [-0.2, -0.15) is 0 Å². The Morgan fingerprint density at radius 3 is 2.77 bits per heavy atom. The van der Waals surface area contributed by atoms with Crippen molar-refractivity contribution in [2.45, 2.75) is 19.9 Å². The van der Waals surface area contributed by atoms with Crippen molar-refractivity contribution in [3.8, 4) is 5.75 Å². The van der Waals surface area contributed by atoms with E-state index in [1.165, 1.54) is 12.7 Å². The summed E-state index contributed by atoms with van der Waals surface area (Å²) in [5.74, 6) is 0.436. The maximum Gasteiger partial charge on any atom is 0.409 e. The van der Waals surface area contributed by atoms with Crippen molar-refractivity contribution in [1.82, 2.24) is 4.90 Å². The predicted molar refractivity (Wildman–Crippen MR) is 98.3 cm³/mol. The topological polar surface area (TPSA) is 67.9 Å². The highest BCUT2D eigenvalue weighted by Crippen LogP contribution is 2.23. The molecular formula is C20H22N2O4. The van der Waals surface area contributed by atoms with Crippen LogP contribution in [0.5, 0.6) is 5.75 Å². The van der Waals surface area contributed by atoms with Crippen LogP contribution in [-0.2, 0) is 22.5 Å². The van der Waals surface area contributed by atoms with E-state index in [2.05, 4.69) is 5.32 Å². The molecule has 0 aromatic heterocycles. The Labute approximate surface area is 152 Å². The number of amides is 2. The van der Waals surface area contributed by atoms with E-state index in [0.717, 1.165) is 17.5 Å². The largest absolute Gasteiger partial charge is 0.484 e. The molecule has 0 aliphatic carbocycles. The van der Waals surface area contributed by atoms with E-state index in [4.69, 9.17) is 9.47 Å². The second-order valence-corrected chi connectivity index (χ2v) is 6.28. The average molecular weight is 354 g/mol. The van der Waals surface area contributed by atoms with Gasteiger partial charge < -0.3 is 19.7 Å². The van der Waals surface area contributed by atoms with Gasteiger partial charge in [-0.15, -0.1) is 0 Å². The molecular weight excluding hydrogens is 332 g/mol. The predicted octanol–water partition coefficient (Wildman–Crippen LogP) is 3.14. The molecule has 3 rings (SSSR count). The molecule has 136 valence electrons. The maximum absolute atomic E-state index is 12.1. The van der Waals surface area contributed by atoms with Gasteiger partial charge in [-0.25, -0.2) is 4.79 Å². The molecule has 0 saturated heterocycles. The number of carbonyl (C=O) groups excluding carboxylic acids is 2. The monoisotopic (exact) mass is 354 g/mol. The molecule has 6 heteroatoms. The van der Waals surface area contributed by atoms with Gasteiger partial charge >= 0.3 is 6.09 Å². The fourth-order valence-corrected chi connectivity index (χ4v) is 2.97. The quantitative estimate of drug-likeness (QED) is 0.916. The fourth-order valence-electron chi connectivity index (χ4n) is 2.97. The van der Waals surface area contributed by atoms with Crippen LogP contribution in [0.15, 0.2) is 42.5 Å². The van der Waals surface area contributed by atoms with Crippen LogP contribution in [-0.4, -0.2) is 37.2 Å². The number of nitrogens with one attached hydrogen (secondary N) is 1. The molecule has 0 unspecified atom stereocenters. The number of fused-ring (bicyclic) bond motifs is 1. The first-order valence-corrected chi connectivity index (χ1v) is 8.49. The highest BCUT2D eigenvalue weighted by molar-refractivity contribution is 5.92. The molecule has 1 N–H and O–H groups in total. The molecule has 6 nitrogen and oxygen atoms in total. The molecule has 0 bridgehead atoms. The zero-order valence-corrected chi connectivity index (χ0v) is 15.0. The minimum absolute atomic E-state index is 0.0607. The van der Waals surface area contributed by atoms with E-state index >= 15 is 0 Å². The number of rotatable bonds is 4. The summed E-state index contributed by atoms with van der Waals surface area (Å²) in [6.45, 7) is 3.02. The molecule has 0 radical (unpaired) electrons. The smallest absolute Gasteiger partial charge is 0.409 e. The van der Waals surface area contributed by atoms with E-state index in [0.29, 0.717) is 24.5 Å². The van der Waals surface area contributed by atoms with Gasteiger partial charge in [-0.05, 0) is 54.3 Å². The third-order valence-electron chi connectivity index (χ3n) is 4.29. The van der Waals surface area contributed by atoms with Crippen molar-refractivity contribution in [3.05, 3.63) is 59.2 Å². The lowest BCUT2D eigenvalue weighted by molar-refractivity contribution is -0.118. The van der Waals surface area contributed by atoms with Gasteiger partial charge in [-0.1, -0.05) is 18.2 Å². The third kappa shape index (κ3) is 4.33. The average Bonchev–Trinajstić information content (AvgIpc) is 2.65. The van der Waals surface area contributed by atoms with Crippen molar-refractivity contribution in [1.29, 1.82) is 0 Å². The van der Waals surface area contributed by atoms with Gasteiger partial charge in [0.1, 0.15) is 5.75 Å². The Kier molecular flexibility index (Phi) is 5.41. The second kappa shape index (κ2) is 7.91. The number of methoxy groups -OCH3 is 1. The number of hydrogen-bond acceptors (Lipinski definition) is 4. The Bertz CT molecular complexity index is 819. The molecule has 0 spiro atoms. The minimum atomic E-state index is -0.336. The summed E-state index contributed by atoms with van der Waals surface area (Å²) in [4.78, 5) is 25.5. The molecule has 0 atom stereocenters. The SMILES string of the molecule is COC(=O)N1CCc2ccc(NC(=O)COc3cccc(C)c3)cc2C1. The van der Waals surface area contributed by atoms with Gasteiger partial charge in [0.25, 0.3) is 5.91 Å². The van der Waals surface area contributed by atoms with Crippen molar-refractivity contribution < 1.29 is 19.1 Å². The van der Waals surface area contributed by atoms with Crippen LogP contribution >= 0.6 is 0 Å². The van der Waals surface area contributed by atoms with E-state index in [1.807, 2.05) is 49.4 Å². The molecule has 0 fully saturated rings. The van der Waals surface area contributed by atoms with Crippen LogP contribution in [0, 0.1) is 6.92 Å². The van der Waals surface area contributed by atoms with Gasteiger partial charge in [0.05, 0.1) is 7.11 Å². The van der Waals surface area contributed by atoms with Gasteiger partial charge in [0.2, 0.25) is 0 Å². The lowest BCUT2D eigenvalue weighted by Gasteiger charge is -2.28. The number of nitrogens with zero attached hydrogens (tertiary/aromatic N) is 1. The molecule has 1 heterocycles. The van der Waals surface area contributed by atoms with E-state index in [1.54, 1.807) is 4.90 Å². The van der Waals surface area contributed by atoms with Crippen LogP contribution < -0.4 is 10.1 Å². The molecule has 1 aliphatic rings. The number of benzene rings is 2. The first-order chi connectivity index (χ1) is 12.5. The van der Waals surface area contributed by atoms with Gasteiger partial charge in [0.15, 0.2) is 6.61 Å². The van der Waals surface area contributed by atoms with Crippen LogP contribution in [0.4, 0.5) is 10.5 Å². The Hall–Kier alpha value is -3.02. The minimum Gasteiger partial charge on any atom is -0.484 e. The van der Waals surface area contributed by atoms with Crippen molar-refractivity contribution >= 4 is 17.7 Å². The summed E-state index contributed by atoms with van der Waals surface area (Å²) in [6.07, 6.45) is 0.437. The fraction of sp³-hybridized carbons (Fsp3) is 0.300. The van der Waals surface area contributed by atoms with E-state index in [9.17, 15) is 9.59 Å². The van der Waals surface area contributed by atoms with Crippen LogP contribution in [0.1, 0.15) is 16.7 Å². The lowest BCUT2D eigenvalue weighted by Crippen LogP contribution is -2.35. The summed E-state index contributed by atoms with van der Waals surface area (Å²) in [5, 5.41) is 2.84. The van der Waals surface area contributed by atoms with Crippen LogP contribution in [0.2, 0.25) is 0 Å². The number of ether oxygens (including phenoxy) is 2. The second-order valence-electron chi connectivity index (χ2n) is 6.28. The molecule has 2 amide bonds. The number of aryl methyl sites for hydroxylation is 1. The van der Waals surface area contributed by atoms with E-state index in [-0.39, 0.29) is 18.6 Å². The summed E-state index contributed by atoms with van der Waals surface area (Å²) >= 11 is 0. The highest BCUT2D eigenvalue weighted by atomic mass is 16.5. The molecule has 2 aromatic carbocycles. The third-order valence-corrected chi connectivity index (χ3v) is 4.29. The number of hydrogen-bond donors (Lipinski definition) is 1. The van der Waals surface area contributed by atoms with E-state index < -0.39 is 0 Å². The normalized spacial score (nSPS) is 12.9. The summed E-state index contributed by atoms with van der Waals surface area (Å²) in [5.41, 5.74) is 3.96. The zero-order valence-electron chi connectivity index (χ0n) is 15.0. The standard InChI is InChI=1S/C20H22N2O4/c1-14-4-3-5-18(10-14)26-13-19(23)21-17-7-6-15-8-9-22(20(24)25-2)12-16(15)11-17/h3-7,10-11H,8-9,12-13H2,1-2H3,(H,21,23). The summed E-state index contributed by atoms with van der Waals surface area (Å²) < 4.78 is 10.3. The Balaban J connectivity index is 1.60. The van der Waals surface area contributed by atoms with Crippen LogP contribution in [0.25, 0.3) is 0 Å².